The molecule has 9 heteroatoms. The van der Waals surface area contributed by atoms with Crippen LogP contribution in [0, 0.1) is 0 Å². The van der Waals surface area contributed by atoms with Crippen LogP contribution >= 0.6 is 0 Å². The molecule has 9 nitrogen and oxygen atoms in total. The highest BCUT2D eigenvalue weighted by Gasteiger charge is 2.51. The van der Waals surface area contributed by atoms with Crippen molar-refractivity contribution >= 4 is 6.09 Å². The maximum atomic E-state index is 12.1. The zero-order chi connectivity index (χ0) is 18.6. The van der Waals surface area contributed by atoms with Gasteiger partial charge in [-0.15, -0.1) is 11.7 Å². The second-order valence-electron chi connectivity index (χ2n) is 6.48. The number of carbonyl (C=O) groups is 1. The molecule has 1 amide bonds. The molecular weight excluding hydrogens is 350 g/mol. The van der Waals surface area contributed by atoms with E-state index in [1.165, 1.54) is 0 Å². The summed E-state index contributed by atoms with van der Waals surface area (Å²) in [5.41, 5.74) is 1.00. The fourth-order valence-corrected chi connectivity index (χ4v) is 3.44. The van der Waals surface area contributed by atoms with Gasteiger partial charge in [-0.3, -0.25) is 0 Å². The fraction of sp³-hybridized carbons (Fsp3) is 0.444. The van der Waals surface area contributed by atoms with E-state index in [0.717, 1.165) is 5.56 Å². The van der Waals surface area contributed by atoms with Crippen LogP contribution in [0.15, 0.2) is 43.0 Å². The standard InChI is InChI=1S/C18H21N5O4/c1-2-6-15-20-21-22-23(15)13-10-25-17-14(11-26-16(13)17)27-18(24)19-9-12-7-4-3-5-8-12/h2-5,7-8,13-14,16-17H,1,6,9-11H2,(H,19,24)/t13-,14+,16+,17+/m0/s1. The van der Waals surface area contributed by atoms with E-state index >= 15 is 0 Å². The summed E-state index contributed by atoms with van der Waals surface area (Å²) in [4.78, 5) is 12.1. The molecule has 4 atom stereocenters. The molecule has 2 fully saturated rings. The SMILES string of the molecule is C=CCc1nnnn1[C@H]1CO[C@H]2[C@@H]1OC[C@H]2OC(=O)NCc1ccccc1. The zero-order valence-electron chi connectivity index (χ0n) is 14.7. The molecular formula is C18H21N5O4. The van der Waals surface area contributed by atoms with Crippen molar-refractivity contribution in [2.75, 3.05) is 13.2 Å². The average Bonchev–Trinajstić information content (AvgIpc) is 3.39. The number of hydrogen-bond donors (Lipinski definition) is 1. The van der Waals surface area contributed by atoms with Crippen molar-refractivity contribution in [1.29, 1.82) is 0 Å². The van der Waals surface area contributed by atoms with Crippen LogP contribution in [0.3, 0.4) is 0 Å². The van der Waals surface area contributed by atoms with Crippen molar-refractivity contribution in [2.45, 2.75) is 37.3 Å². The van der Waals surface area contributed by atoms with E-state index in [1.54, 1.807) is 10.8 Å². The third kappa shape index (κ3) is 3.69. The molecule has 0 spiro atoms. The van der Waals surface area contributed by atoms with Gasteiger partial charge in [-0.1, -0.05) is 36.4 Å². The van der Waals surface area contributed by atoms with Gasteiger partial charge in [0.15, 0.2) is 11.9 Å². The van der Waals surface area contributed by atoms with E-state index in [0.29, 0.717) is 25.4 Å². The molecule has 2 aliphatic heterocycles. The van der Waals surface area contributed by atoms with E-state index in [4.69, 9.17) is 14.2 Å². The molecule has 0 bridgehead atoms. The third-order valence-electron chi connectivity index (χ3n) is 4.72. The van der Waals surface area contributed by atoms with Crippen LogP contribution in [0.2, 0.25) is 0 Å². The Morgan fingerprint density at radius 3 is 2.93 bits per heavy atom. The molecule has 142 valence electrons. The Labute approximate surface area is 156 Å². The molecule has 4 rings (SSSR count). The van der Waals surface area contributed by atoms with Gasteiger partial charge in [-0.25, -0.2) is 9.48 Å². The third-order valence-corrected chi connectivity index (χ3v) is 4.72. The summed E-state index contributed by atoms with van der Waals surface area (Å²) in [6.07, 6.45) is 0.753. The van der Waals surface area contributed by atoms with Crippen molar-refractivity contribution in [3.05, 3.63) is 54.4 Å². The van der Waals surface area contributed by atoms with Crippen molar-refractivity contribution < 1.29 is 19.0 Å². The highest BCUT2D eigenvalue weighted by atomic mass is 16.6. The Kier molecular flexibility index (Phi) is 5.12. The van der Waals surface area contributed by atoms with E-state index < -0.39 is 12.2 Å². The van der Waals surface area contributed by atoms with Gasteiger partial charge in [0.25, 0.3) is 0 Å². The monoisotopic (exact) mass is 371 g/mol. The van der Waals surface area contributed by atoms with Crippen LogP contribution < -0.4 is 5.32 Å². The van der Waals surface area contributed by atoms with Crippen LogP contribution in [-0.4, -0.2) is 57.8 Å². The Morgan fingerprint density at radius 1 is 1.30 bits per heavy atom. The molecule has 1 aromatic heterocycles. The number of nitrogens with one attached hydrogen (secondary N) is 1. The van der Waals surface area contributed by atoms with Crippen molar-refractivity contribution in [1.82, 2.24) is 25.5 Å². The van der Waals surface area contributed by atoms with Gasteiger partial charge in [0, 0.05) is 13.0 Å². The number of amides is 1. The minimum atomic E-state index is -0.491. The molecule has 2 aliphatic rings. The lowest BCUT2D eigenvalue weighted by molar-refractivity contribution is 0.00282. The topological polar surface area (TPSA) is 100 Å². The van der Waals surface area contributed by atoms with Crippen molar-refractivity contribution in [2.24, 2.45) is 0 Å². The highest BCUT2D eigenvalue weighted by molar-refractivity contribution is 5.67. The Bertz CT molecular complexity index is 796. The first-order valence-electron chi connectivity index (χ1n) is 8.85. The number of fused-ring (bicyclic) bond motifs is 1. The van der Waals surface area contributed by atoms with Crippen molar-refractivity contribution in [3.8, 4) is 0 Å². The normalized spacial score (nSPS) is 26.5. The molecule has 0 saturated carbocycles. The summed E-state index contributed by atoms with van der Waals surface area (Å²) >= 11 is 0. The van der Waals surface area contributed by atoms with Gasteiger partial charge in [0.05, 0.1) is 13.2 Å². The predicted octanol–water partition coefficient (Wildman–Crippen LogP) is 1.04. The molecule has 0 aliphatic carbocycles. The van der Waals surface area contributed by atoms with Gasteiger partial charge >= 0.3 is 6.09 Å². The number of ether oxygens (including phenoxy) is 3. The first-order chi connectivity index (χ1) is 13.3. The van der Waals surface area contributed by atoms with Crippen molar-refractivity contribution in [3.63, 3.8) is 0 Å². The average molecular weight is 371 g/mol. The van der Waals surface area contributed by atoms with E-state index in [1.807, 2.05) is 30.3 Å². The Balaban J connectivity index is 1.34. The summed E-state index contributed by atoms with van der Waals surface area (Å²) < 4.78 is 18.9. The van der Waals surface area contributed by atoms with Crippen LogP contribution in [0.5, 0.6) is 0 Å². The Hall–Kier alpha value is -2.78. The predicted molar refractivity (Wildman–Crippen MR) is 93.8 cm³/mol. The second-order valence-corrected chi connectivity index (χ2v) is 6.48. The number of hydrogen-bond acceptors (Lipinski definition) is 7. The number of nitrogens with zero attached hydrogens (tertiary/aromatic N) is 4. The minimum Gasteiger partial charge on any atom is -0.441 e. The molecule has 2 aromatic rings. The first-order valence-corrected chi connectivity index (χ1v) is 8.85. The fourth-order valence-electron chi connectivity index (χ4n) is 3.44. The largest absolute Gasteiger partial charge is 0.441 e. The van der Waals surface area contributed by atoms with E-state index in [9.17, 15) is 4.79 Å². The minimum absolute atomic E-state index is 0.152. The number of alkyl carbamates (subject to hydrolysis) is 1. The summed E-state index contributed by atoms with van der Waals surface area (Å²) in [7, 11) is 0. The summed E-state index contributed by atoms with van der Waals surface area (Å²) in [5, 5.41) is 14.5. The lowest BCUT2D eigenvalue weighted by atomic mass is 10.1. The summed E-state index contributed by atoms with van der Waals surface area (Å²) in [6, 6.07) is 9.49. The van der Waals surface area contributed by atoms with E-state index in [-0.39, 0.29) is 24.9 Å². The molecule has 1 N–H and O–H groups in total. The summed E-state index contributed by atoms with van der Waals surface area (Å²) in [6.45, 7) is 4.80. The number of carbonyl (C=O) groups excluding carboxylic acids is 1. The zero-order valence-corrected chi connectivity index (χ0v) is 14.7. The van der Waals surface area contributed by atoms with Gasteiger partial charge in [0.1, 0.15) is 18.2 Å². The maximum absolute atomic E-state index is 12.1. The van der Waals surface area contributed by atoms with Crippen LogP contribution in [0.4, 0.5) is 4.79 Å². The van der Waals surface area contributed by atoms with Gasteiger partial charge in [-0.2, -0.15) is 0 Å². The highest BCUT2D eigenvalue weighted by Crippen LogP contribution is 2.35. The number of benzene rings is 1. The number of rotatable bonds is 6. The molecule has 27 heavy (non-hydrogen) atoms. The molecule has 3 heterocycles. The van der Waals surface area contributed by atoms with Gasteiger partial charge in [-0.05, 0) is 16.0 Å². The number of tetrazole rings is 1. The molecule has 2 saturated heterocycles. The molecule has 0 radical (unpaired) electrons. The lowest BCUT2D eigenvalue weighted by Crippen LogP contribution is -2.37. The van der Waals surface area contributed by atoms with Crippen LogP contribution in [-0.2, 0) is 27.2 Å². The summed E-state index contributed by atoms with van der Waals surface area (Å²) in [5.74, 6) is 0.702. The van der Waals surface area contributed by atoms with Gasteiger partial charge in [0.2, 0.25) is 0 Å². The van der Waals surface area contributed by atoms with Crippen LogP contribution in [0.1, 0.15) is 17.4 Å². The second kappa shape index (κ2) is 7.85. The quantitative estimate of drug-likeness (QED) is 0.757. The molecule has 0 unspecified atom stereocenters. The number of allylic oxidation sites excluding steroid dienone is 1. The number of aromatic nitrogens is 4. The molecule has 1 aromatic carbocycles. The maximum Gasteiger partial charge on any atom is 0.407 e. The smallest absolute Gasteiger partial charge is 0.407 e. The first kappa shape index (κ1) is 17.6. The van der Waals surface area contributed by atoms with Crippen LogP contribution in [0.25, 0.3) is 0 Å². The Morgan fingerprint density at radius 2 is 2.11 bits per heavy atom. The van der Waals surface area contributed by atoms with E-state index in [2.05, 4.69) is 27.4 Å². The lowest BCUT2D eigenvalue weighted by Gasteiger charge is -2.17. The van der Waals surface area contributed by atoms with Gasteiger partial charge < -0.3 is 19.5 Å².